The van der Waals surface area contributed by atoms with Gasteiger partial charge in [0.05, 0.1) is 6.61 Å². The molecule has 0 heterocycles. The van der Waals surface area contributed by atoms with Gasteiger partial charge in [0.2, 0.25) is 0 Å². The summed E-state index contributed by atoms with van der Waals surface area (Å²) in [6.07, 6.45) is -3.17. The summed E-state index contributed by atoms with van der Waals surface area (Å²) in [6.45, 7) is -0.655. The molecule has 6 nitrogen and oxygen atoms in total. The van der Waals surface area contributed by atoms with Gasteiger partial charge >= 0.3 is 25.0 Å². The predicted octanol–water partition coefficient (Wildman–Crippen LogP) is -3.96. The largest absolute Gasteiger partial charge is 1.00 e. The number of hydrogen-bond donors (Lipinski definition) is 1. The quantitative estimate of drug-likeness (QED) is 0.254. The number of carbonyl (C=O) groups is 2. The molecule has 7 heteroatoms. The summed E-state index contributed by atoms with van der Waals surface area (Å²) in [6, 6.07) is 0. The second-order valence-electron chi connectivity index (χ2n) is 1.21. The van der Waals surface area contributed by atoms with Crippen LogP contribution in [0.2, 0.25) is 0 Å². The second-order valence-corrected chi connectivity index (χ2v) is 1.21. The molecule has 58 valence electrons. The standard InChI is InChI=1S/C4H6O6.Li/c5-3(6)9-1-2-10-4(7)8;/h1-2H2,(H,5,6)(H,7,8);/q;+1/p-1. The average Bonchev–Trinajstić information content (AvgIpc) is 1.79. The van der Waals surface area contributed by atoms with Gasteiger partial charge in [0.1, 0.15) is 6.61 Å². The summed E-state index contributed by atoms with van der Waals surface area (Å²) in [5.41, 5.74) is 0. The molecule has 0 aliphatic heterocycles. The first-order valence-electron chi connectivity index (χ1n) is 2.32. The molecule has 0 bridgehead atoms. The summed E-state index contributed by atoms with van der Waals surface area (Å²) in [5.74, 6) is 0. The summed E-state index contributed by atoms with van der Waals surface area (Å²) < 4.78 is 7.70. The van der Waals surface area contributed by atoms with Crippen LogP contribution in [0.1, 0.15) is 0 Å². The molecular formula is C4H5LiO6. The molecule has 0 fully saturated rings. The van der Waals surface area contributed by atoms with E-state index >= 15 is 0 Å². The molecular weight excluding hydrogens is 151 g/mol. The second kappa shape index (κ2) is 7.25. The fraction of sp³-hybridized carbons (Fsp3) is 0.500. The Morgan fingerprint density at radius 1 is 1.27 bits per heavy atom. The fourth-order valence-corrected chi connectivity index (χ4v) is 0.254. The number of hydrogen-bond acceptors (Lipinski definition) is 5. The van der Waals surface area contributed by atoms with Crippen LogP contribution in [0.25, 0.3) is 0 Å². The molecule has 11 heavy (non-hydrogen) atoms. The van der Waals surface area contributed by atoms with Gasteiger partial charge in [0, 0.05) is 0 Å². The van der Waals surface area contributed by atoms with Gasteiger partial charge in [0.15, 0.2) is 0 Å². The molecule has 0 saturated heterocycles. The number of ether oxygens (including phenoxy) is 2. The van der Waals surface area contributed by atoms with Crippen LogP contribution < -0.4 is 24.0 Å². The fourth-order valence-electron chi connectivity index (χ4n) is 0.254. The van der Waals surface area contributed by atoms with Gasteiger partial charge < -0.3 is 24.5 Å². The maximum Gasteiger partial charge on any atom is 1.00 e. The third-order valence-corrected chi connectivity index (χ3v) is 0.529. The van der Waals surface area contributed by atoms with Gasteiger partial charge in [-0.15, -0.1) is 0 Å². The zero-order valence-corrected chi connectivity index (χ0v) is 5.90. The molecule has 0 aromatic heterocycles. The van der Waals surface area contributed by atoms with E-state index in [1.54, 1.807) is 0 Å². The third kappa shape index (κ3) is 12.4. The molecule has 0 atom stereocenters. The topological polar surface area (TPSA) is 95.9 Å². The van der Waals surface area contributed by atoms with E-state index in [-0.39, 0.29) is 32.1 Å². The van der Waals surface area contributed by atoms with Gasteiger partial charge in [-0.3, -0.25) is 0 Å². The van der Waals surface area contributed by atoms with Crippen LogP contribution in [0.5, 0.6) is 0 Å². The van der Waals surface area contributed by atoms with E-state index in [2.05, 4.69) is 9.47 Å². The van der Waals surface area contributed by atoms with Gasteiger partial charge in [-0.25, -0.2) is 4.79 Å². The van der Waals surface area contributed by atoms with E-state index in [9.17, 15) is 14.7 Å². The van der Waals surface area contributed by atoms with Crippen molar-refractivity contribution in [3.63, 3.8) is 0 Å². The van der Waals surface area contributed by atoms with E-state index in [1.165, 1.54) is 0 Å². The summed E-state index contributed by atoms with van der Waals surface area (Å²) in [5, 5.41) is 17.3. The first-order valence-corrected chi connectivity index (χ1v) is 2.32. The van der Waals surface area contributed by atoms with Crippen molar-refractivity contribution < 1.29 is 48.1 Å². The van der Waals surface area contributed by atoms with E-state index < -0.39 is 12.3 Å². The summed E-state index contributed by atoms with van der Waals surface area (Å²) in [7, 11) is 0. The minimum absolute atomic E-state index is 0. The molecule has 0 aromatic carbocycles. The van der Waals surface area contributed by atoms with E-state index in [0.29, 0.717) is 0 Å². The monoisotopic (exact) mass is 156 g/mol. The van der Waals surface area contributed by atoms with Crippen molar-refractivity contribution in [1.29, 1.82) is 0 Å². The van der Waals surface area contributed by atoms with Crippen molar-refractivity contribution in [3.8, 4) is 0 Å². The third-order valence-electron chi connectivity index (χ3n) is 0.529. The molecule has 0 aromatic rings. The van der Waals surface area contributed by atoms with Gasteiger partial charge in [-0.05, 0) is 0 Å². The van der Waals surface area contributed by atoms with Crippen LogP contribution in [0, 0.1) is 0 Å². The maximum absolute atomic E-state index is 9.60. The minimum Gasteiger partial charge on any atom is -0.546 e. The molecule has 0 radical (unpaired) electrons. The van der Waals surface area contributed by atoms with Crippen LogP contribution >= 0.6 is 0 Å². The summed E-state index contributed by atoms with van der Waals surface area (Å²) in [4.78, 5) is 19.1. The molecule has 0 unspecified atom stereocenters. The Bertz CT molecular complexity index is 119. The van der Waals surface area contributed by atoms with Crippen LogP contribution in [0.15, 0.2) is 0 Å². The Kier molecular flexibility index (Phi) is 8.42. The van der Waals surface area contributed by atoms with Crippen molar-refractivity contribution in [3.05, 3.63) is 0 Å². The Morgan fingerprint density at radius 2 is 1.73 bits per heavy atom. The molecule has 0 saturated carbocycles. The number of rotatable bonds is 3. The molecule has 0 aliphatic carbocycles. The van der Waals surface area contributed by atoms with E-state index in [4.69, 9.17) is 5.11 Å². The molecule has 0 spiro atoms. The Balaban J connectivity index is 0. The van der Waals surface area contributed by atoms with Crippen LogP contribution in [-0.2, 0) is 9.47 Å². The van der Waals surface area contributed by atoms with Crippen LogP contribution in [0.4, 0.5) is 9.59 Å². The van der Waals surface area contributed by atoms with E-state index in [0.717, 1.165) is 0 Å². The van der Waals surface area contributed by atoms with Crippen molar-refractivity contribution >= 4 is 12.3 Å². The van der Waals surface area contributed by atoms with Crippen molar-refractivity contribution in [2.45, 2.75) is 0 Å². The smallest absolute Gasteiger partial charge is 0.546 e. The predicted molar refractivity (Wildman–Crippen MR) is 25.3 cm³/mol. The zero-order valence-electron chi connectivity index (χ0n) is 5.90. The summed E-state index contributed by atoms with van der Waals surface area (Å²) >= 11 is 0. The van der Waals surface area contributed by atoms with Crippen molar-refractivity contribution in [2.24, 2.45) is 0 Å². The first-order chi connectivity index (χ1) is 4.63. The number of carbonyl (C=O) groups excluding carboxylic acids is 1. The van der Waals surface area contributed by atoms with Crippen LogP contribution in [-0.4, -0.2) is 30.6 Å². The molecule has 0 aliphatic rings. The minimum atomic E-state index is -1.70. The number of carboxylic acid groups (broad SMARTS) is 2. The molecule has 0 rings (SSSR count). The van der Waals surface area contributed by atoms with Gasteiger partial charge in [0.25, 0.3) is 6.16 Å². The molecule has 1 N–H and O–H groups in total. The Morgan fingerprint density at radius 3 is 2.09 bits per heavy atom. The van der Waals surface area contributed by atoms with Crippen molar-refractivity contribution in [2.75, 3.05) is 13.2 Å². The average molecular weight is 156 g/mol. The zero-order chi connectivity index (χ0) is 7.98. The Labute approximate surface area is 74.3 Å². The first kappa shape index (κ1) is 12.8. The van der Waals surface area contributed by atoms with E-state index in [1.807, 2.05) is 0 Å². The van der Waals surface area contributed by atoms with Gasteiger partial charge in [-0.1, -0.05) is 0 Å². The Hall–Kier alpha value is -0.863. The van der Waals surface area contributed by atoms with Gasteiger partial charge in [-0.2, -0.15) is 0 Å². The normalized spacial score (nSPS) is 7.64. The molecule has 0 amide bonds. The SMILES string of the molecule is O=C([O-])OCCOC(=O)O.[Li+]. The maximum atomic E-state index is 9.60. The van der Waals surface area contributed by atoms with Crippen LogP contribution in [0.3, 0.4) is 0 Å². The van der Waals surface area contributed by atoms with Crippen molar-refractivity contribution in [1.82, 2.24) is 0 Å².